The summed E-state index contributed by atoms with van der Waals surface area (Å²) >= 11 is 0. The molecule has 0 aliphatic rings. The molecular formula is C21H21F2N3O2. The molecule has 2 heterocycles. The number of halogens is 2. The van der Waals surface area contributed by atoms with Gasteiger partial charge in [0.05, 0.1) is 12.6 Å². The number of aromatic nitrogens is 2. The molecule has 146 valence electrons. The number of benzene rings is 1. The Bertz CT molecular complexity index is 1010. The Morgan fingerprint density at radius 2 is 2.11 bits per heavy atom. The van der Waals surface area contributed by atoms with Crippen LogP contribution in [0.25, 0.3) is 16.7 Å². The van der Waals surface area contributed by atoms with E-state index in [1.54, 1.807) is 19.4 Å². The third-order valence-electron chi connectivity index (χ3n) is 4.47. The highest BCUT2D eigenvalue weighted by molar-refractivity contribution is 5.88. The van der Waals surface area contributed by atoms with E-state index in [-0.39, 0.29) is 12.3 Å². The van der Waals surface area contributed by atoms with Gasteiger partial charge in [-0.1, -0.05) is 6.07 Å². The molecule has 0 bridgehead atoms. The van der Waals surface area contributed by atoms with Crippen LogP contribution in [-0.2, 0) is 17.6 Å². The molecule has 3 rings (SSSR count). The fourth-order valence-electron chi connectivity index (χ4n) is 3.29. The Morgan fingerprint density at radius 1 is 1.29 bits per heavy atom. The van der Waals surface area contributed by atoms with Gasteiger partial charge < -0.3 is 10.1 Å². The smallest absolute Gasteiger partial charge is 0.266 e. The van der Waals surface area contributed by atoms with Gasteiger partial charge in [0.25, 0.3) is 6.08 Å². The number of allylic oxidation sites excluding steroid dienone is 1. The van der Waals surface area contributed by atoms with Gasteiger partial charge in [-0.05, 0) is 48.4 Å². The molecule has 0 saturated heterocycles. The van der Waals surface area contributed by atoms with Crippen molar-refractivity contribution in [3.05, 3.63) is 66.0 Å². The molecule has 2 aromatic heterocycles. The number of rotatable bonds is 7. The van der Waals surface area contributed by atoms with E-state index in [4.69, 9.17) is 4.74 Å². The number of hydrogen-bond acceptors (Lipinski definition) is 3. The summed E-state index contributed by atoms with van der Waals surface area (Å²) in [6, 6.07) is 11.1. The topological polar surface area (TPSA) is 56.1 Å². The number of carbonyl (C=O) groups is 1. The minimum Gasteiger partial charge on any atom is -0.497 e. The molecule has 0 spiro atoms. The molecule has 0 unspecified atom stereocenters. The van der Waals surface area contributed by atoms with Crippen LogP contribution in [0.4, 0.5) is 8.78 Å². The number of carbonyl (C=O) groups excluding carboxylic acids is 1. The maximum atomic E-state index is 12.9. The van der Waals surface area contributed by atoms with E-state index in [0.29, 0.717) is 30.2 Å². The highest BCUT2D eigenvalue weighted by Crippen LogP contribution is 2.33. The molecule has 1 amide bonds. The molecule has 3 aromatic rings. The monoisotopic (exact) mass is 385 g/mol. The molecule has 0 atom stereocenters. The summed E-state index contributed by atoms with van der Waals surface area (Å²) in [6.45, 7) is 1.85. The van der Waals surface area contributed by atoms with Crippen molar-refractivity contribution >= 4 is 16.8 Å². The van der Waals surface area contributed by atoms with E-state index in [9.17, 15) is 13.6 Å². The number of nitrogens with zero attached hydrogens (tertiary/aromatic N) is 2. The average Bonchev–Trinajstić information content (AvgIpc) is 2.99. The molecule has 1 N–H and O–H groups in total. The molecule has 0 radical (unpaired) electrons. The SMILES string of the molecule is COc1ccc2c(c1)c(CCNC(C)=O)c(CC=C(F)F)n2-c1ccccn1. The molecule has 0 saturated carbocycles. The van der Waals surface area contributed by atoms with E-state index < -0.39 is 6.08 Å². The maximum Gasteiger partial charge on any atom is 0.266 e. The quantitative estimate of drug-likeness (QED) is 0.668. The van der Waals surface area contributed by atoms with Gasteiger partial charge in [0, 0.05) is 37.2 Å². The van der Waals surface area contributed by atoms with Gasteiger partial charge in [0.2, 0.25) is 5.91 Å². The number of hydrogen-bond donors (Lipinski definition) is 1. The lowest BCUT2D eigenvalue weighted by molar-refractivity contribution is -0.118. The van der Waals surface area contributed by atoms with Crippen molar-refractivity contribution in [2.24, 2.45) is 0 Å². The first-order valence-electron chi connectivity index (χ1n) is 8.88. The summed E-state index contributed by atoms with van der Waals surface area (Å²) in [7, 11) is 1.58. The first-order valence-corrected chi connectivity index (χ1v) is 8.88. The largest absolute Gasteiger partial charge is 0.497 e. The van der Waals surface area contributed by atoms with E-state index in [1.165, 1.54) is 6.92 Å². The zero-order valence-electron chi connectivity index (χ0n) is 15.7. The first kappa shape index (κ1) is 19.5. The van der Waals surface area contributed by atoms with Crippen LogP contribution in [-0.4, -0.2) is 29.1 Å². The number of nitrogens with one attached hydrogen (secondary N) is 1. The Morgan fingerprint density at radius 3 is 2.75 bits per heavy atom. The Hall–Kier alpha value is -3.22. The second-order valence-electron chi connectivity index (χ2n) is 6.26. The predicted molar refractivity (Wildman–Crippen MR) is 104 cm³/mol. The normalized spacial score (nSPS) is 10.7. The minimum atomic E-state index is -1.73. The molecule has 7 heteroatoms. The fourth-order valence-corrected chi connectivity index (χ4v) is 3.29. The first-order chi connectivity index (χ1) is 13.5. The second kappa shape index (κ2) is 8.65. The predicted octanol–water partition coefficient (Wildman–Crippen LogP) is 4.04. The summed E-state index contributed by atoms with van der Waals surface area (Å²) in [6.07, 6.45) is 1.37. The lowest BCUT2D eigenvalue weighted by Gasteiger charge is -2.10. The number of pyridine rings is 1. The third kappa shape index (κ3) is 4.19. The molecule has 0 aliphatic heterocycles. The van der Waals surface area contributed by atoms with Crippen LogP contribution in [0.5, 0.6) is 5.75 Å². The van der Waals surface area contributed by atoms with Crippen molar-refractivity contribution in [1.29, 1.82) is 0 Å². The van der Waals surface area contributed by atoms with E-state index in [1.807, 2.05) is 34.9 Å². The van der Waals surface area contributed by atoms with Gasteiger partial charge >= 0.3 is 0 Å². The Kier molecular flexibility index (Phi) is 6.03. The summed E-state index contributed by atoms with van der Waals surface area (Å²) in [5.41, 5.74) is 2.44. The zero-order chi connectivity index (χ0) is 20.1. The number of ether oxygens (including phenoxy) is 1. The lowest BCUT2D eigenvalue weighted by atomic mass is 10.1. The Labute approximate surface area is 161 Å². The van der Waals surface area contributed by atoms with Crippen LogP contribution in [0, 0.1) is 0 Å². The van der Waals surface area contributed by atoms with Gasteiger partial charge in [-0.3, -0.25) is 9.36 Å². The maximum absolute atomic E-state index is 12.9. The minimum absolute atomic E-state index is 0.0469. The van der Waals surface area contributed by atoms with Gasteiger partial charge in [0.1, 0.15) is 11.6 Å². The van der Waals surface area contributed by atoms with Gasteiger partial charge in [-0.2, -0.15) is 8.78 Å². The molecular weight excluding hydrogens is 364 g/mol. The highest BCUT2D eigenvalue weighted by atomic mass is 19.3. The van der Waals surface area contributed by atoms with Crippen LogP contribution in [0.15, 0.2) is 54.8 Å². The Balaban J connectivity index is 2.23. The van der Waals surface area contributed by atoms with Crippen molar-refractivity contribution < 1.29 is 18.3 Å². The molecule has 0 aliphatic carbocycles. The van der Waals surface area contributed by atoms with Gasteiger partial charge in [-0.25, -0.2) is 4.98 Å². The van der Waals surface area contributed by atoms with Crippen molar-refractivity contribution in [3.8, 4) is 11.6 Å². The zero-order valence-corrected chi connectivity index (χ0v) is 15.7. The highest BCUT2D eigenvalue weighted by Gasteiger charge is 2.19. The number of methoxy groups -OCH3 is 1. The summed E-state index contributed by atoms with van der Waals surface area (Å²) in [5.74, 6) is 1.18. The van der Waals surface area contributed by atoms with Crippen molar-refractivity contribution in [1.82, 2.24) is 14.9 Å². The average molecular weight is 385 g/mol. The lowest BCUT2D eigenvalue weighted by Crippen LogP contribution is -2.22. The van der Waals surface area contributed by atoms with Gasteiger partial charge in [0.15, 0.2) is 0 Å². The van der Waals surface area contributed by atoms with E-state index >= 15 is 0 Å². The standard InChI is InChI=1S/C21H21F2N3O2/c1-14(27)24-12-10-16-17-13-15(28-2)6-7-19(17)26(18(16)8-9-20(22)23)21-5-3-4-11-25-21/h3-7,9,11,13H,8,10,12H2,1-2H3,(H,24,27). The summed E-state index contributed by atoms with van der Waals surface area (Å²) in [4.78, 5) is 15.7. The molecule has 5 nitrogen and oxygen atoms in total. The fraction of sp³-hybridized carbons (Fsp3) is 0.238. The molecule has 28 heavy (non-hydrogen) atoms. The molecule has 0 fully saturated rings. The van der Waals surface area contributed by atoms with Crippen LogP contribution >= 0.6 is 0 Å². The van der Waals surface area contributed by atoms with Crippen LogP contribution in [0.2, 0.25) is 0 Å². The summed E-state index contributed by atoms with van der Waals surface area (Å²) in [5, 5.41) is 3.66. The third-order valence-corrected chi connectivity index (χ3v) is 4.47. The van der Waals surface area contributed by atoms with Crippen LogP contribution < -0.4 is 10.1 Å². The van der Waals surface area contributed by atoms with Crippen molar-refractivity contribution in [2.45, 2.75) is 19.8 Å². The second-order valence-corrected chi connectivity index (χ2v) is 6.26. The van der Waals surface area contributed by atoms with E-state index in [2.05, 4.69) is 10.3 Å². The summed E-state index contributed by atoms with van der Waals surface area (Å²) < 4.78 is 33.0. The van der Waals surface area contributed by atoms with Crippen molar-refractivity contribution in [2.75, 3.05) is 13.7 Å². The molecule has 1 aromatic carbocycles. The number of amides is 1. The van der Waals surface area contributed by atoms with Crippen LogP contribution in [0.3, 0.4) is 0 Å². The van der Waals surface area contributed by atoms with E-state index in [0.717, 1.165) is 22.5 Å². The van der Waals surface area contributed by atoms with Crippen molar-refractivity contribution in [3.63, 3.8) is 0 Å². The van der Waals surface area contributed by atoms with Crippen LogP contribution in [0.1, 0.15) is 18.2 Å². The number of fused-ring (bicyclic) bond motifs is 1. The van der Waals surface area contributed by atoms with Gasteiger partial charge in [-0.15, -0.1) is 0 Å².